The zero-order chi connectivity index (χ0) is 26.2. The summed E-state index contributed by atoms with van der Waals surface area (Å²) in [5.41, 5.74) is 1.33. The molecule has 2 fully saturated rings. The fourth-order valence-electron chi connectivity index (χ4n) is 4.96. The van der Waals surface area contributed by atoms with E-state index in [1.807, 2.05) is 24.3 Å². The summed E-state index contributed by atoms with van der Waals surface area (Å²) in [5.74, 6) is 1.30. The van der Waals surface area contributed by atoms with Crippen molar-refractivity contribution in [3.05, 3.63) is 40.8 Å². The lowest BCUT2D eigenvalue weighted by Gasteiger charge is -2.34. The maximum atomic E-state index is 12.5. The standard InChI is InChI=1S/C28H35N3O5S/c1-34-25-7-5-21(15-26(25)35-2)22(16-29)14-24-6-8-27(37-24)31-12-9-23(10-13-31)36-28(33)18-30-11-3-4-20(17-30)19-32/h5-8,14-15,20,23,32H,3-4,9-13,17-19H2,1-2H3/b22-14+. The van der Waals surface area contributed by atoms with Gasteiger partial charge in [0.1, 0.15) is 6.10 Å². The number of allylic oxidation sites excluding steroid dienone is 1. The van der Waals surface area contributed by atoms with Crippen LogP contribution in [0.4, 0.5) is 5.00 Å². The summed E-state index contributed by atoms with van der Waals surface area (Å²) in [5, 5.41) is 20.3. The SMILES string of the molecule is COc1ccc(/C(C#N)=C/c2ccc(N3CCC(OC(=O)CN4CCCC(CO)C4)CC3)s2)cc1OC. The number of likely N-dealkylation sites (tertiary alicyclic amines) is 1. The quantitative estimate of drug-likeness (QED) is 0.387. The van der Waals surface area contributed by atoms with Crippen molar-refractivity contribution in [3.8, 4) is 17.6 Å². The van der Waals surface area contributed by atoms with Crippen LogP contribution < -0.4 is 14.4 Å². The lowest BCUT2D eigenvalue weighted by molar-refractivity contribution is -0.151. The Labute approximate surface area is 222 Å². The topological polar surface area (TPSA) is 95.3 Å². The number of esters is 1. The molecule has 9 heteroatoms. The highest BCUT2D eigenvalue weighted by molar-refractivity contribution is 7.17. The minimum Gasteiger partial charge on any atom is -0.493 e. The molecule has 0 saturated carbocycles. The Balaban J connectivity index is 1.30. The second-order valence-electron chi connectivity index (χ2n) is 9.52. The predicted molar refractivity (Wildman–Crippen MR) is 145 cm³/mol. The molecule has 2 aliphatic heterocycles. The summed E-state index contributed by atoms with van der Waals surface area (Å²) in [6, 6.07) is 11.9. The Morgan fingerprint density at radius 2 is 1.92 bits per heavy atom. The number of piperidine rings is 2. The number of aliphatic hydroxyl groups is 1. The van der Waals surface area contributed by atoms with Crippen molar-refractivity contribution in [1.29, 1.82) is 5.26 Å². The van der Waals surface area contributed by atoms with Gasteiger partial charge in [-0.3, -0.25) is 9.69 Å². The van der Waals surface area contributed by atoms with E-state index in [1.165, 1.54) is 0 Å². The molecule has 0 spiro atoms. The number of ether oxygens (including phenoxy) is 3. The van der Waals surface area contributed by atoms with Gasteiger partial charge in [0, 0.05) is 44.0 Å². The molecule has 2 saturated heterocycles. The molecular weight excluding hydrogens is 490 g/mol. The molecular formula is C28H35N3O5S. The van der Waals surface area contributed by atoms with Gasteiger partial charge in [0.15, 0.2) is 11.5 Å². The second kappa shape index (κ2) is 13.0. The fourth-order valence-corrected chi connectivity index (χ4v) is 5.96. The molecule has 1 aromatic carbocycles. The molecule has 0 amide bonds. The number of aliphatic hydroxyl groups excluding tert-OH is 1. The highest BCUT2D eigenvalue weighted by Crippen LogP contribution is 2.34. The highest BCUT2D eigenvalue weighted by Gasteiger charge is 2.26. The largest absolute Gasteiger partial charge is 0.493 e. The lowest BCUT2D eigenvalue weighted by Crippen LogP contribution is -2.42. The summed E-state index contributed by atoms with van der Waals surface area (Å²) in [6.45, 7) is 3.77. The maximum Gasteiger partial charge on any atom is 0.320 e. The molecule has 8 nitrogen and oxygen atoms in total. The summed E-state index contributed by atoms with van der Waals surface area (Å²) < 4.78 is 16.4. The molecule has 1 N–H and O–H groups in total. The number of carbonyl (C=O) groups excluding carboxylic acids is 1. The molecule has 1 aromatic heterocycles. The van der Waals surface area contributed by atoms with Gasteiger partial charge in [-0.2, -0.15) is 5.26 Å². The van der Waals surface area contributed by atoms with Crippen LogP contribution in [0.3, 0.4) is 0 Å². The van der Waals surface area contributed by atoms with Gasteiger partial charge >= 0.3 is 5.97 Å². The Morgan fingerprint density at radius 3 is 2.62 bits per heavy atom. The molecule has 198 valence electrons. The van der Waals surface area contributed by atoms with Gasteiger partial charge in [-0.25, -0.2) is 0 Å². The van der Waals surface area contributed by atoms with Crippen LogP contribution in [0.1, 0.15) is 36.1 Å². The maximum absolute atomic E-state index is 12.5. The minimum absolute atomic E-state index is 0.0586. The number of anilines is 1. The van der Waals surface area contributed by atoms with Crippen molar-refractivity contribution in [2.75, 3.05) is 58.5 Å². The van der Waals surface area contributed by atoms with E-state index in [2.05, 4.69) is 21.9 Å². The third-order valence-electron chi connectivity index (χ3n) is 6.98. The van der Waals surface area contributed by atoms with Crippen LogP contribution in [-0.2, 0) is 9.53 Å². The van der Waals surface area contributed by atoms with E-state index in [0.29, 0.717) is 23.6 Å². The number of benzene rings is 1. The fraction of sp³-hybridized carbons (Fsp3) is 0.500. The van der Waals surface area contributed by atoms with Crippen LogP contribution in [0.2, 0.25) is 0 Å². The molecule has 2 aromatic rings. The average Bonchev–Trinajstić information content (AvgIpc) is 3.40. The van der Waals surface area contributed by atoms with Crippen LogP contribution in [-0.4, -0.2) is 75.6 Å². The van der Waals surface area contributed by atoms with Gasteiger partial charge in [0.2, 0.25) is 0 Å². The molecule has 37 heavy (non-hydrogen) atoms. The van der Waals surface area contributed by atoms with Gasteiger partial charge in [-0.15, -0.1) is 11.3 Å². The molecule has 0 aliphatic carbocycles. The molecule has 1 atom stereocenters. The Kier molecular flexibility index (Phi) is 9.45. The molecule has 0 radical (unpaired) electrons. The lowest BCUT2D eigenvalue weighted by atomic mass is 9.99. The first kappa shape index (κ1) is 27.0. The first-order chi connectivity index (χ1) is 18.0. The first-order valence-electron chi connectivity index (χ1n) is 12.7. The van der Waals surface area contributed by atoms with E-state index < -0.39 is 0 Å². The number of carbonyl (C=O) groups is 1. The van der Waals surface area contributed by atoms with Crippen molar-refractivity contribution in [3.63, 3.8) is 0 Å². The van der Waals surface area contributed by atoms with E-state index in [4.69, 9.17) is 14.2 Å². The summed E-state index contributed by atoms with van der Waals surface area (Å²) in [4.78, 5) is 17.9. The van der Waals surface area contributed by atoms with Crippen LogP contribution in [0.15, 0.2) is 30.3 Å². The van der Waals surface area contributed by atoms with E-state index in [-0.39, 0.29) is 24.6 Å². The zero-order valence-electron chi connectivity index (χ0n) is 21.5. The van der Waals surface area contributed by atoms with E-state index in [0.717, 1.165) is 67.3 Å². The molecule has 2 aliphatic rings. The van der Waals surface area contributed by atoms with Crippen molar-refractivity contribution in [2.24, 2.45) is 5.92 Å². The van der Waals surface area contributed by atoms with Crippen molar-refractivity contribution in [2.45, 2.75) is 31.8 Å². The number of nitrogens with zero attached hydrogens (tertiary/aromatic N) is 3. The summed E-state index contributed by atoms with van der Waals surface area (Å²) >= 11 is 1.64. The van der Waals surface area contributed by atoms with Gasteiger partial charge in [0.05, 0.1) is 37.4 Å². The number of rotatable bonds is 9. The Morgan fingerprint density at radius 1 is 1.14 bits per heavy atom. The predicted octanol–water partition coefficient (Wildman–Crippen LogP) is 4.05. The van der Waals surface area contributed by atoms with Crippen LogP contribution in [0, 0.1) is 17.2 Å². The van der Waals surface area contributed by atoms with Crippen LogP contribution in [0.5, 0.6) is 11.5 Å². The van der Waals surface area contributed by atoms with Crippen molar-refractivity contribution in [1.82, 2.24) is 4.90 Å². The second-order valence-corrected chi connectivity index (χ2v) is 10.6. The average molecular weight is 526 g/mol. The van der Waals surface area contributed by atoms with Crippen LogP contribution in [0.25, 0.3) is 11.6 Å². The van der Waals surface area contributed by atoms with E-state index in [9.17, 15) is 15.2 Å². The van der Waals surface area contributed by atoms with Crippen molar-refractivity contribution >= 4 is 34.0 Å². The smallest absolute Gasteiger partial charge is 0.320 e. The number of thiophene rings is 1. The summed E-state index contributed by atoms with van der Waals surface area (Å²) in [6.07, 6.45) is 5.46. The summed E-state index contributed by atoms with van der Waals surface area (Å²) in [7, 11) is 3.16. The monoisotopic (exact) mass is 525 g/mol. The van der Waals surface area contributed by atoms with Gasteiger partial charge in [-0.1, -0.05) is 0 Å². The third kappa shape index (κ3) is 7.04. The van der Waals surface area contributed by atoms with Gasteiger partial charge in [0.25, 0.3) is 0 Å². The number of nitriles is 1. The number of methoxy groups -OCH3 is 2. The molecule has 4 rings (SSSR count). The number of hydrogen-bond acceptors (Lipinski definition) is 9. The Hall–Kier alpha value is -3.06. The normalized spacial score (nSPS) is 19.4. The van der Waals surface area contributed by atoms with Gasteiger partial charge in [-0.05, 0) is 67.3 Å². The van der Waals surface area contributed by atoms with E-state index in [1.54, 1.807) is 31.6 Å². The first-order valence-corrected chi connectivity index (χ1v) is 13.6. The third-order valence-corrected chi connectivity index (χ3v) is 8.07. The zero-order valence-corrected chi connectivity index (χ0v) is 22.3. The molecule has 3 heterocycles. The molecule has 0 bridgehead atoms. The Bertz CT molecular complexity index is 1130. The highest BCUT2D eigenvalue weighted by atomic mass is 32.1. The number of hydrogen-bond donors (Lipinski definition) is 1. The van der Waals surface area contributed by atoms with Crippen LogP contribution >= 0.6 is 11.3 Å². The molecule has 1 unspecified atom stereocenters. The van der Waals surface area contributed by atoms with E-state index >= 15 is 0 Å². The minimum atomic E-state index is -0.167. The van der Waals surface area contributed by atoms with Crippen molar-refractivity contribution < 1.29 is 24.1 Å². The van der Waals surface area contributed by atoms with Gasteiger partial charge < -0.3 is 24.2 Å².